The Hall–Kier alpha value is -3.73. The summed E-state index contributed by atoms with van der Waals surface area (Å²) in [6.45, 7) is 0.904. The lowest BCUT2D eigenvalue weighted by atomic mass is 9.87. The van der Waals surface area contributed by atoms with E-state index in [1.165, 1.54) is 6.07 Å². The number of nitrogens with zero attached hydrogens (tertiary/aromatic N) is 2. The quantitative estimate of drug-likeness (QED) is 0.470. The SMILES string of the molecule is CCOc1cc(CN(C)CC(=O)NN2C(=O)NC(CC)(c3ccccc3)C2=O)ccc1OC(F)F. The fraction of sp³-hybridized carbons (Fsp3) is 0.375. The van der Waals surface area contributed by atoms with Crippen molar-refractivity contribution in [3.05, 3.63) is 59.7 Å². The maximum absolute atomic E-state index is 13.1. The van der Waals surface area contributed by atoms with Crippen LogP contribution in [0.5, 0.6) is 11.5 Å². The van der Waals surface area contributed by atoms with E-state index in [2.05, 4.69) is 15.5 Å². The van der Waals surface area contributed by atoms with Gasteiger partial charge in [0, 0.05) is 6.54 Å². The number of halogens is 2. The predicted molar refractivity (Wildman–Crippen MR) is 123 cm³/mol. The minimum absolute atomic E-state index is 0.0811. The Labute approximate surface area is 201 Å². The summed E-state index contributed by atoms with van der Waals surface area (Å²) in [5.74, 6) is -1.05. The fourth-order valence-electron chi connectivity index (χ4n) is 3.92. The summed E-state index contributed by atoms with van der Waals surface area (Å²) in [4.78, 5) is 39.9. The predicted octanol–water partition coefficient (Wildman–Crippen LogP) is 3.01. The van der Waals surface area contributed by atoms with Crippen molar-refractivity contribution in [3.63, 3.8) is 0 Å². The molecule has 0 saturated carbocycles. The highest BCUT2D eigenvalue weighted by Gasteiger charge is 2.52. The zero-order valence-electron chi connectivity index (χ0n) is 19.7. The van der Waals surface area contributed by atoms with E-state index in [1.807, 2.05) is 0 Å². The van der Waals surface area contributed by atoms with Gasteiger partial charge in [0.25, 0.3) is 11.8 Å². The summed E-state index contributed by atoms with van der Waals surface area (Å²) < 4.78 is 35.0. The van der Waals surface area contributed by atoms with E-state index in [-0.39, 0.29) is 31.2 Å². The van der Waals surface area contributed by atoms with E-state index in [4.69, 9.17) is 4.74 Å². The molecule has 2 aromatic carbocycles. The first-order valence-electron chi connectivity index (χ1n) is 11.1. The first-order chi connectivity index (χ1) is 16.7. The smallest absolute Gasteiger partial charge is 0.387 e. The van der Waals surface area contributed by atoms with Crippen molar-refractivity contribution in [1.82, 2.24) is 20.7 Å². The van der Waals surface area contributed by atoms with Gasteiger partial charge in [0.15, 0.2) is 11.5 Å². The Morgan fingerprint density at radius 3 is 2.49 bits per heavy atom. The Bertz CT molecular complexity index is 1070. The molecule has 0 radical (unpaired) electrons. The number of amides is 4. The van der Waals surface area contributed by atoms with Crippen molar-refractivity contribution in [2.45, 2.75) is 39.0 Å². The summed E-state index contributed by atoms with van der Waals surface area (Å²) in [5, 5.41) is 3.40. The molecule has 11 heteroatoms. The fourth-order valence-corrected chi connectivity index (χ4v) is 3.92. The number of hydrogen-bond donors (Lipinski definition) is 2. The number of benzene rings is 2. The summed E-state index contributed by atoms with van der Waals surface area (Å²) in [6, 6.07) is 12.6. The number of urea groups is 1. The molecular weight excluding hydrogens is 462 g/mol. The standard InChI is InChI=1S/C24H28F2N4O5/c1-4-24(17-9-7-6-8-10-17)21(32)30(23(33)27-24)28-20(31)15-29(3)14-16-11-12-18(35-22(25)26)19(13-16)34-5-2/h6-13,22H,4-5,14-15H2,1-3H3,(H,27,33)(H,28,31). The molecular formula is C24H28F2N4O5. The Kier molecular flexibility index (Phi) is 8.23. The Morgan fingerprint density at radius 1 is 1.14 bits per heavy atom. The summed E-state index contributed by atoms with van der Waals surface area (Å²) >= 11 is 0. The van der Waals surface area contributed by atoms with Gasteiger partial charge in [-0.25, -0.2) is 4.79 Å². The average molecular weight is 491 g/mol. The molecule has 35 heavy (non-hydrogen) atoms. The van der Waals surface area contributed by atoms with Crippen LogP contribution in [0.15, 0.2) is 48.5 Å². The number of imide groups is 1. The van der Waals surface area contributed by atoms with Gasteiger partial charge in [-0.05, 0) is 43.7 Å². The highest BCUT2D eigenvalue weighted by atomic mass is 19.3. The molecule has 9 nitrogen and oxygen atoms in total. The highest BCUT2D eigenvalue weighted by molar-refractivity contribution is 6.08. The molecule has 0 aromatic heterocycles. The zero-order chi connectivity index (χ0) is 25.6. The molecule has 1 fully saturated rings. The van der Waals surface area contributed by atoms with E-state index in [0.29, 0.717) is 22.6 Å². The number of hydrazine groups is 1. The van der Waals surface area contributed by atoms with Crippen LogP contribution in [0.4, 0.5) is 13.6 Å². The van der Waals surface area contributed by atoms with Crippen LogP contribution in [0, 0.1) is 0 Å². The summed E-state index contributed by atoms with van der Waals surface area (Å²) in [5.41, 5.74) is 2.44. The number of ether oxygens (including phenoxy) is 2. The maximum Gasteiger partial charge on any atom is 0.387 e. The molecule has 0 bridgehead atoms. The molecule has 1 unspecified atom stereocenters. The number of alkyl halides is 2. The second kappa shape index (κ2) is 11.1. The van der Waals surface area contributed by atoms with Crippen molar-refractivity contribution in [2.24, 2.45) is 0 Å². The van der Waals surface area contributed by atoms with Gasteiger partial charge in [0.1, 0.15) is 5.54 Å². The lowest BCUT2D eigenvalue weighted by molar-refractivity contribution is -0.139. The molecule has 1 aliphatic heterocycles. The third-order valence-electron chi connectivity index (χ3n) is 5.52. The van der Waals surface area contributed by atoms with E-state index < -0.39 is 30.0 Å². The van der Waals surface area contributed by atoms with Gasteiger partial charge in [-0.1, -0.05) is 43.3 Å². The molecule has 1 saturated heterocycles. The number of likely N-dealkylation sites (N-methyl/N-ethyl adjacent to an activating group) is 1. The Balaban J connectivity index is 1.64. The normalized spacial score (nSPS) is 17.6. The monoisotopic (exact) mass is 490 g/mol. The van der Waals surface area contributed by atoms with Crippen molar-refractivity contribution < 1.29 is 32.6 Å². The Morgan fingerprint density at radius 2 is 1.86 bits per heavy atom. The first-order valence-corrected chi connectivity index (χ1v) is 11.1. The topological polar surface area (TPSA) is 100 Å². The van der Waals surface area contributed by atoms with Gasteiger partial charge < -0.3 is 14.8 Å². The van der Waals surface area contributed by atoms with Crippen molar-refractivity contribution in [1.29, 1.82) is 0 Å². The second-order valence-electron chi connectivity index (χ2n) is 8.00. The molecule has 0 spiro atoms. The van der Waals surface area contributed by atoms with Crippen molar-refractivity contribution in [2.75, 3.05) is 20.2 Å². The van der Waals surface area contributed by atoms with Crippen LogP contribution in [0.3, 0.4) is 0 Å². The van der Waals surface area contributed by atoms with Crippen LogP contribution < -0.4 is 20.2 Å². The number of hydrogen-bond acceptors (Lipinski definition) is 6. The van der Waals surface area contributed by atoms with Gasteiger partial charge in [-0.15, -0.1) is 0 Å². The molecule has 0 aliphatic carbocycles. The minimum atomic E-state index is -2.98. The van der Waals surface area contributed by atoms with Crippen molar-refractivity contribution >= 4 is 17.8 Å². The van der Waals surface area contributed by atoms with Gasteiger partial charge in [0.2, 0.25) is 0 Å². The highest BCUT2D eigenvalue weighted by Crippen LogP contribution is 2.32. The zero-order valence-corrected chi connectivity index (χ0v) is 19.7. The lowest BCUT2D eigenvalue weighted by Crippen LogP contribution is -2.50. The molecule has 1 atom stereocenters. The maximum atomic E-state index is 13.1. The van der Waals surface area contributed by atoms with Crippen LogP contribution in [0.2, 0.25) is 0 Å². The van der Waals surface area contributed by atoms with Crippen LogP contribution in [-0.2, 0) is 21.7 Å². The van der Waals surface area contributed by atoms with Crippen molar-refractivity contribution in [3.8, 4) is 11.5 Å². The molecule has 3 rings (SSSR count). The molecule has 1 heterocycles. The summed E-state index contributed by atoms with van der Waals surface area (Å²) in [6.07, 6.45) is 0.307. The number of carbonyl (C=O) groups excluding carboxylic acids is 3. The van der Waals surface area contributed by atoms with Crippen LogP contribution in [0.25, 0.3) is 0 Å². The number of nitrogens with one attached hydrogen (secondary N) is 2. The summed E-state index contributed by atoms with van der Waals surface area (Å²) in [7, 11) is 1.66. The minimum Gasteiger partial charge on any atom is -0.490 e. The lowest BCUT2D eigenvalue weighted by Gasteiger charge is -2.25. The largest absolute Gasteiger partial charge is 0.490 e. The van der Waals surface area contributed by atoms with E-state index in [0.717, 1.165) is 0 Å². The molecule has 2 N–H and O–H groups in total. The van der Waals surface area contributed by atoms with E-state index in [1.54, 1.807) is 68.3 Å². The van der Waals surface area contributed by atoms with Crippen LogP contribution >= 0.6 is 0 Å². The molecule has 4 amide bonds. The van der Waals surface area contributed by atoms with E-state index >= 15 is 0 Å². The van der Waals surface area contributed by atoms with Gasteiger partial charge >= 0.3 is 12.6 Å². The molecule has 1 aliphatic rings. The molecule has 2 aromatic rings. The number of rotatable bonds is 11. The average Bonchev–Trinajstić information content (AvgIpc) is 3.06. The van der Waals surface area contributed by atoms with Gasteiger partial charge in [-0.3, -0.25) is 19.9 Å². The van der Waals surface area contributed by atoms with Crippen LogP contribution in [-0.4, -0.2) is 54.6 Å². The third-order valence-corrected chi connectivity index (χ3v) is 5.52. The van der Waals surface area contributed by atoms with E-state index in [9.17, 15) is 23.2 Å². The number of carbonyl (C=O) groups is 3. The van der Waals surface area contributed by atoms with Crippen LogP contribution in [0.1, 0.15) is 31.4 Å². The van der Waals surface area contributed by atoms with Gasteiger partial charge in [0.05, 0.1) is 13.2 Å². The van der Waals surface area contributed by atoms with Gasteiger partial charge in [-0.2, -0.15) is 13.8 Å². The first kappa shape index (κ1) is 25.9. The molecule has 188 valence electrons. The second-order valence-corrected chi connectivity index (χ2v) is 8.00. The third kappa shape index (κ3) is 5.86.